The van der Waals surface area contributed by atoms with E-state index in [0.29, 0.717) is 22.3 Å². The molecule has 1 aliphatic rings. The third-order valence-electron chi connectivity index (χ3n) is 6.42. The van der Waals surface area contributed by atoms with Gasteiger partial charge >= 0.3 is 0 Å². The van der Waals surface area contributed by atoms with Crippen LogP contribution in [-0.2, 0) is 6.54 Å². The van der Waals surface area contributed by atoms with Crippen molar-refractivity contribution in [2.24, 2.45) is 0 Å². The Hall–Kier alpha value is -4.21. The highest BCUT2D eigenvalue weighted by Crippen LogP contribution is 2.36. The van der Waals surface area contributed by atoms with Gasteiger partial charge in [0.25, 0.3) is 11.5 Å². The van der Waals surface area contributed by atoms with Crippen LogP contribution in [0.2, 0.25) is 0 Å². The number of fused-ring (bicyclic) bond motifs is 1. The van der Waals surface area contributed by atoms with E-state index in [9.17, 15) is 14.0 Å². The Morgan fingerprint density at radius 1 is 1.23 bits per heavy atom. The van der Waals surface area contributed by atoms with Crippen LogP contribution in [0.25, 0.3) is 22.2 Å². The number of hydrogen-bond acceptors (Lipinski definition) is 6. The Kier molecular flexibility index (Phi) is 5.94. The van der Waals surface area contributed by atoms with Crippen LogP contribution in [0.1, 0.15) is 47.6 Å². The molecule has 0 unspecified atom stereocenters. The van der Waals surface area contributed by atoms with Crippen LogP contribution in [0, 0.1) is 5.82 Å². The summed E-state index contributed by atoms with van der Waals surface area (Å²) in [4.78, 5) is 25.2. The molecule has 1 amide bonds. The number of methoxy groups -OCH3 is 1. The normalized spacial score (nSPS) is 13.9. The van der Waals surface area contributed by atoms with Crippen molar-refractivity contribution < 1.29 is 13.9 Å². The Morgan fingerprint density at radius 3 is 2.69 bits per heavy atom. The van der Waals surface area contributed by atoms with Crippen LogP contribution >= 0.6 is 0 Å². The Morgan fingerprint density at radius 2 is 1.97 bits per heavy atom. The number of nitrogens with two attached hydrogens (primary N) is 1. The van der Waals surface area contributed by atoms with E-state index in [0.717, 1.165) is 42.9 Å². The molecular weight excluding hydrogens is 451 g/mol. The lowest BCUT2D eigenvalue weighted by Gasteiger charge is -2.10. The molecule has 4 aromatic rings. The average molecular weight is 477 g/mol. The van der Waals surface area contributed by atoms with E-state index in [1.54, 1.807) is 4.68 Å². The van der Waals surface area contributed by atoms with E-state index in [2.05, 4.69) is 15.5 Å². The highest BCUT2D eigenvalue weighted by molar-refractivity contribution is 5.99. The van der Waals surface area contributed by atoms with Gasteiger partial charge in [-0.2, -0.15) is 10.2 Å². The van der Waals surface area contributed by atoms with Crippen molar-refractivity contribution >= 4 is 22.6 Å². The van der Waals surface area contributed by atoms with Crippen LogP contribution in [0.4, 0.5) is 10.2 Å². The van der Waals surface area contributed by atoms with Crippen molar-refractivity contribution in [2.75, 3.05) is 12.8 Å². The molecule has 0 bridgehead atoms. The SMILES string of the molecule is COc1ccc(F)cc1C(=O)NCc1ccc(-c2nn(C3CCCC3)c3c(=O)[nH]nc(N)c23)cc1. The second kappa shape index (κ2) is 9.21. The highest BCUT2D eigenvalue weighted by Gasteiger charge is 2.25. The molecule has 4 N–H and O–H groups in total. The van der Waals surface area contributed by atoms with Gasteiger partial charge in [-0.05, 0) is 36.6 Å². The summed E-state index contributed by atoms with van der Waals surface area (Å²) in [5.41, 5.74) is 8.63. The number of hydrogen-bond donors (Lipinski definition) is 3. The lowest BCUT2D eigenvalue weighted by atomic mass is 10.1. The third-order valence-corrected chi connectivity index (χ3v) is 6.42. The molecule has 2 aromatic heterocycles. The molecule has 35 heavy (non-hydrogen) atoms. The number of rotatable bonds is 6. The topological polar surface area (TPSA) is 128 Å². The maximum absolute atomic E-state index is 13.6. The van der Waals surface area contributed by atoms with Gasteiger partial charge in [-0.3, -0.25) is 14.3 Å². The number of nitrogens with zero attached hydrogens (tertiary/aromatic N) is 3. The predicted molar refractivity (Wildman–Crippen MR) is 130 cm³/mol. The van der Waals surface area contributed by atoms with Gasteiger partial charge < -0.3 is 15.8 Å². The molecule has 2 aromatic carbocycles. The molecular formula is C25H25FN6O3. The van der Waals surface area contributed by atoms with Gasteiger partial charge in [-0.1, -0.05) is 37.1 Å². The van der Waals surface area contributed by atoms with Crippen molar-refractivity contribution in [3.63, 3.8) is 0 Å². The van der Waals surface area contributed by atoms with Crippen molar-refractivity contribution in [3.05, 3.63) is 69.8 Å². The van der Waals surface area contributed by atoms with E-state index in [4.69, 9.17) is 15.6 Å². The molecule has 180 valence electrons. The fraction of sp³-hybridized carbons (Fsp3) is 0.280. The van der Waals surface area contributed by atoms with E-state index in [1.165, 1.54) is 19.2 Å². The van der Waals surface area contributed by atoms with E-state index < -0.39 is 11.7 Å². The summed E-state index contributed by atoms with van der Waals surface area (Å²) in [5, 5.41) is 14.5. The monoisotopic (exact) mass is 476 g/mol. The molecule has 9 nitrogen and oxygen atoms in total. The first-order valence-electron chi connectivity index (χ1n) is 11.4. The van der Waals surface area contributed by atoms with Gasteiger partial charge in [0, 0.05) is 12.1 Å². The number of ether oxygens (including phenoxy) is 1. The second-order valence-corrected chi connectivity index (χ2v) is 8.62. The number of carbonyl (C=O) groups excluding carboxylic acids is 1. The molecule has 0 atom stereocenters. The van der Waals surface area contributed by atoms with Gasteiger partial charge in [-0.15, -0.1) is 0 Å². The summed E-state index contributed by atoms with van der Waals surface area (Å²) >= 11 is 0. The molecule has 0 spiro atoms. The number of anilines is 1. The molecule has 0 radical (unpaired) electrons. The Labute approximate surface area is 200 Å². The molecule has 5 rings (SSSR count). The van der Waals surface area contributed by atoms with E-state index in [-0.39, 0.29) is 29.5 Å². The number of halogens is 1. The quantitative estimate of drug-likeness (QED) is 0.390. The summed E-state index contributed by atoms with van der Waals surface area (Å²) in [7, 11) is 1.43. The summed E-state index contributed by atoms with van der Waals surface area (Å²) in [6.07, 6.45) is 4.13. The van der Waals surface area contributed by atoms with Crippen molar-refractivity contribution in [1.82, 2.24) is 25.3 Å². The molecule has 0 aliphatic heterocycles. The maximum Gasteiger partial charge on any atom is 0.290 e. The number of nitrogen functional groups attached to an aromatic ring is 1. The smallest absolute Gasteiger partial charge is 0.290 e. The standard InChI is InChI=1S/C25H25FN6O3/c1-35-19-11-10-16(26)12-18(19)24(33)28-13-14-6-8-15(9-7-14)21-20-22(25(34)30-29-23(20)27)32(31-21)17-4-2-3-5-17/h6-12,17H,2-5,13H2,1H3,(H2,27,29)(H,28,33)(H,30,34). The number of carbonyl (C=O) groups is 1. The fourth-order valence-electron chi connectivity index (χ4n) is 4.65. The van der Waals surface area contributed by atoms with E-state index in [1.807, 2.05) is 24.3 Å². The van der Waals surface area contributed by atoms with E-state index >= 15 is 0 Å². The zero-order chi connectivity index (χ0) is 24.5. The lowest BCUT2D eigenvalue weighted by molar-refractivity contribution is 0.0947. The fourth-order valence-corrected chi connectivity index (χ4v) is 4.65. The van der Waals surface area contributed by atoms with Gasteiger partial charge in [0.15, 0.2) is 5.82 Å². The van der Waals surface area contributed by atoms with Crippen molar-refractivity contribution in [2.45, 2.75) is 38.3 Å². The molecule has 2 heterocycles. The van der Waals surface area contributed by atoms with Crippen LogP contribution < -0.4 is 21.3 Å². The Bertz CT molecular complexity index is 1450. The number of amides is 1. The lowest BCUT2D eigenvalue weighted by Crippen LogP contribution is -2.23. The third kappa shape index (κ3) is 4.23. The summed E-state index contributed by atoms with van der Waals surface area (Å²) in [6.45, 7) is 0.236. The van der Waals surface area contributed by atoms with Gasteiger partial charge in [0.05, 0.1) is 24.1 Å². The highest BCUT2D eigenvalue weighted by atomic mass is 19.1. The number of H-pyrrole nitrogens is 1. The number of nitrogens with one attached hydrogen (secondary N) is 2. The summed E-state index contributed by atoms with van der Waals surface area (Å²) in [6, 6.07) is 11.4. The van der Waals surface area contributed by atoms with Crippen molar-refractivity contribution in [1.29, 1.82) is 0 Å². The molecule has 1 aliphatic carbocycles. The van der Waals surface area contributed by atoms with Gasteiger partial charge in [-0.25, -0.2) is 9.49 Å². The van der Waals surface area contributed by atoms with Crippen LogP contribution in [0.15, 0.2) is 47.3 Å². The maximum atomic E-state index is 13.6. The zero-order valence-corrected chi connectivity index (χ0v) is 19.2. The van der Waals surface area contributed by atoms with Gasteiger partial charge in [0.2, 0.25) is 0 Å². The first kappa shape index (κ1) is 22.6. The zero-order valence-electron chi connectivity index (χ0n) is 19.2. The predicted octanol–water partition coefficient (Wildman–Crippen LogP) is 3.56. The summed E-state index contributed by atoms with van der Waals surface area (Å²) in [5.74, 6) is -0.439. The number of aromatic nitrogens is 4. The van der Waals surface area contributed by atoms with Crippen LogP contribution in [0.3, 0.4) is 0 Å². The molecule has 10 heteroatoms. The summed E-state index contributed by atoms with van der Waals surface area (Å²) < 4.78 is 20.6. The first-order chi connectivity index (χ1) is 17.0. The van der Waals surface area contributed by atoms with Crippen LogP contribution in [-0.4, -0.2) is 33.0 Å². The minimum atomic E-state index is -0.517. The molecule has 1 saturated carbocycles. The number of benzene rings is 2. The number of aromatic amines is 1. The second-order valence-electron chi connectivity index (χ2n) is 8.62. The average Bonchev–Trinajstić information content (AvgIpc) is 3.54. The van der Waals surface area contributed by atoms with Crippen LogP contribution in [0.5, 0.6) is 5.75 Å². The minimum absolute atomic E-state index is 0.126. The largest absolute Gasteiger partial charge is 0.496 e. The molecule has 1 fully saturated rings. The molecule has 0 saturated heterocycles. The van der Waals surface area contributed by atoms with Gasteiger partial charge in [0.1, 0.15) is 22.8 Å². The first-order valence-corrected chi connectivity index (χ1v) is 11.4. The Balaban J connectivity index is 1.41. The minimum Gasteiger partial charge on any atom is -0.496 e. The van der Waals surface area contributed by atoms with Crippen molar-refractivity contribution in [3.8, 4) is 17.0 Å².